The molecule has 25 heavy (non-hydrogen) atoms. The van der Waals surface area contributed by atoms with Crippen molar-refractivity contribution in [3.05, 3.63) is 16.1 Å². The molecule has 1 aromatic rings. The Morgan fingerprint density at radius 3 is 2.60 bits per heavy atom. The van der Waals surface area contributed by atoms with Crippen molar-refractivity contribution >= 4 is 35.1 Å². The molecule has 2 heterocycles. The van der Waals surface area contributed by atoms with E-state index in [0.717, 1.165) is 6.42 Å². The van der Waals surface area contributed by atoms with E-state index in [0.29, 0.717) is 31.6 Å². The van der Waals surface area contributed by atoms with Gasteiger partial charge in [0.1, 0.15) is 11.4 Å². The van der Waals surface area contributed by atoms with E-state index >= 15 is 0 Å². The third kappa shape index (κ3) is 3.87. The van der Waals surface area contributed by atoms with Crippen molar-refractivity contribution in [1.29, 1.82) is 0 Å². The first kappa shape index (κ1) is 18.3. The Morgan fingerprint density at radius 1 is 1.28 bits per heavy atom. The van der Waals surface area contributed by atoms with Crippen LogP contribution in [0.15, 0.2) is 0 Å². The molecule has 1 atom stereocenters. The number of aromatic nitrogens is 3. The summed E-state index contributed by atoms with van der Waals surface area (Å²) in [6.07, 6.45) is 1.41. The van der Waals surface area contributed by atoms with Gasteiger partial charge in [0.15, 0.2) is 5.15 Å². The summed E-state index contributed by atoms with van der Waals surface area (Å²) >= 11 is 11.9. The molecule has 9 heteroatoms. The highest BCUT2D eigenvalue weighted by Gasteiger charge is 2.51. The van der Waals surface area contributed by atoms with Gasteiger partial charge in [0.2, 0.25) is 5.28 Å². The minimum absolute atomic E-state index is 0.0317. The Balaban J connectivity index is 1.71. The first-order valence-corrected chi connectivity index (χ1v) is 8.90. The molecule has 1 saturated carbocycles. The van der Waals surface area contributed by atoms with Gasteiger partial charge in [0.05, 0.1) is 11.6 Å². The Kier molecular flexibility index (Phi) is 4.66. The molecule has 3 rings (SSSR count). The van der Waals surface area contributed by atoms with E-state index in [1.807, 2.05) is 20.8 Å². The van der Waals surface area contributed by atoms with E-state index in [4.69, 9.17) is 27.9 Å². The second kappa shape index (κ2) is 6.36. The van der Waals surface area contributed by atoms with Gasteiger partial charge in [-0.3, -0.25) is 4.79 Å². The molecule has 136 valence electrons. The standard InChI is InChI=1S/C16H20Cl2N4O3/c1-15(2,3)25-14(24)22-7-16(8-22)5-4-10(23)9(6-16)11-12(17)20-21-13(18)19-11/h9H,4-8H2,1-3H3. The molecule has 1 saturated heterocycles. The second-order valence-electron chi connectivity index (χ2n) is 7.82. The van der Waals surface area contributed by atoms with Gasteiger partial charge in [0, 0.05) is 24.9 Å². The molecular weight excluding hydrogens is 367 g/mol. The van der Waals surface area contributed by atoms with E-state index < -0.39 is 11.5 Å². The highest BCUT2D eigenvalue weighted by Crippen LogP contribution is 2.48. The van der Waals surface area contributed by atoms with Crippen molar-refractivity contribution in [1.82, 2.24) is 20.1 Å². The van der Waals surface area contributed by atoms with Crippen LogP contribution < -0.4 is 0 Å². The monoisotopic (exact) mass is 386 g/mol. The van der Waals surface area contributed by atoms with Crippen molar-refractivity contribution in [2.45, 2.75) is 51.6 Å². The number of likely N-dealkylation sites (tertiary alicyclic amines) is 1. The second-order valence-corrected chi connectivity index (χ2v) is 8.51. The topological polar surface area (TPSA) is 85.3 Å². The maximum absolute atomic E-state index is 12.4. The lowest BCUT2D eigenvalue weighted by Crippen LogP contribution is -2.61. The largest absolute Gasteiger partial charge is 0.444 e. The molecule has 1 aliphatic heterocycles. The molecule has 0 bridgehead atoms. The Labute approximate surface area is 156 Å². The van der Waals surface area contributed by atoms with E-state index in [2.05, 4.69) is 15.2 Å². The van der Waals surface area contributed by atoms with Crippen molar-refractivity contribution in [3.8, 4) is 0 Å². The van der Waals surface area contributed by atoms with Gasteiger partial charge < -0.3 is 9.64 Å². The van der Waals surface area contributed by atoms with Gasteiger partial charge in [-0.05, 0) is 45.2 Å². The van der Waals surface area contributed by atoms with E-state index in [1.165, 1.54) is 0 Å². The maximum Gasteiger partial charge on any atom is 0.410 e. The lowest BCUT2D eigenvalue weighted by Gasteiger charge is -2.53. The molecule has 1 amide bonds. The van der Waals surface area contributed by atoms with Crippen LogP contribution in [-0.2, 0) is 9.53 Å². The number of carbonyl (C=O) groups excluding carboxylic acids is 2. The fraction of sp³-hybridized carbons (Fsp3) is 0.688. The molecule has 0 N–H and O–H groups in total. The summed E-state index contributed by atoms with van der Waals surface area (Å²) in [6.45, 7) is 6.64. The van der Waals surface area contributed by atoms with E-state index in [9.17, 15) is 9.59 Å². The number of ether oxygens (including phenoxy) is 1. The number of Topliss-reactive ketones (excluding diaryl/α,β-unsaturated/α-hetero) is 1. The zero-order valence-corrected chi connectivity index (χ0v) is 15.9. The number of carbonyl (C=O) groups is 2. The third-order valence-electron chi connectivity index (χ3n) is 4.61. The molecule has 1 unspecified atom stereocenters. The highest BCUT2D eigenvalue weighted by atomic mass is 35.5. The zero-order chi connectivity index (χ0) is 18.4. The quantitative estimate of drug-likeness (QED) is 0.736. The average molecular weight is 387 g/mol. The van der Waals surface area contributed by atoms with Crippen LogP contribution in [0.5, 0.6) is 0 Å². The van der Waals surface area contributed by atoms with Crippen LogP contribution in [0.2, 0.25) is 10.4 Å². The van der Waals surface area contributed by atoms with Crippen molar-refractivity contribution < 1.29 is 14.3 Å². The van der Waals surface area contributed by atoms with Crippen molar-refractivity contribution in [2.24, 2.45) is 5.41 Å². The predicted molar refractivity (Wildman–Crippen MR) is 91.7 cm³/mol. The molecule has 1 aromatic heterocycles. The van der Waals surface area contributed by atoms with Crippen LogP contribution in [0, 0.1) is 5.41 Å². The summed E-state index contributed by atoms with van der Waals surface area (Å²) in [4.78, 5) is 30.3. The molecule has 2 fully saturated rings. The van der Waals surface area contributed by atoms with Gasteiger partial charge >= 0.3 is 6.09 Å². The lowest BCUT2D eigenvalue weighted by atomic mass is 9.64. The summed E-state index contributed by atoms with van der Waals surface area (Å²) in [5, 5.41) is 7.41. The minimum atomic E-state index is -0.526. The summed E-state index contributed by atoms with van der Waals surface area (Å²) in [5.74, 6) is -0.394. The summed E-state index contributed by atoms with van der Waals surface area (Å²) in [5.41, 5.74) is -0.264. The van der Waals surface area contributed by atoms with Gasteiger partial charge in [-0.25, -0.2) is 9.78 Å². The molecule has 0 radical (unpaired) electrons. The number of hydrogen-bond acceptors (Lipinski definition) is 6. The Bertz CT molecular complexity index is 714. The zero-order valence-electron chi connectivity index (χ0n) is 14.4. The Morgan fingerprint density at radius 2 is 1.96 bits per heavy atom. The third-order valence-corrected chi connectivity index (χ3v) is 5.04. The van der Waals surface area contributed by atoms with Crippen LogP contribution in [0.4, 0.5) is 4.79 Å². The van der Waals surface area contributed by atoms with Crippen LogP contribution in [0.3, 0.4) is 0 Å². The normalized spacial score (nSPS) is 22.7. The van der Waals surface area contributed by atoms with Crippen LogP contribution in [-0.4, -0.2) is 50.6 Å². The number of amides is 1. The van der Waals surface area contributed by atoms with Crippen molar-refractivity contribution in [2.75, 3.05) is 13.1 Å². The van der Waals surface area contributed by atoms with E-state index in [-0.39, 0.29) is 27.7 Å². The minimum Gasteiger partial charge on any atom is -0.444 e. The number of halogens is 2. The first-order valence-electron chi connectivity index (χ1n) is 8.15. The number of hydrogen-bond donors (Lipinski definition) is 0. The maximum atomic E-state index is 12.4. The van der Waals surface area contributed by atoms with Crippen LogP contribution >= 0.6 is 23.2 Å². The number of nitrogens with zero attached hydrogens (tertiary/aromatic N) is 4. The Hall–Kier alpha value is -1.47. The van der Waals surface area contributed by atoms with Crippen molar-refractivity contribution in [3.63, 3.8) is 0 Å². The average Bonchev–Trinajstić information content (AvgIpc) is 2.46. The number of rotatable bonds is 1. The molecule has 2 aliphatic rings. The van der Waals surface area contributed by atoms with Gasteiger partial charge in [-0.15, -0.1) is 10.2 Å². The molecule has 0 aromatic carbocycles. The summed E-state index contributed by atoms with van der Waals surface area (Å²) < 4.78 is 5.39. The summed E-state index contributed by atoms with van der Waals surface area (Å²) in [7, 11) is 0. The smallest absolute Gasteiger partial charge is 0.410 e. The fourth-order valence-electron chi connectivity index (χ4n) is 3.49. The van der Waals surface area contributed by atoms with Crippen LogP contribution in [0.25, 0.3) is 0 Å². The first-order chi connectivity index (χ1) is 11.6. The molecule has 1 spiro atoms. The fourth-order valence-corrected chi connectivity index (χ4v) is 3.83. The SMILES string of the molecule is CC(C)(C)OC(=O)N1CC2(CCC(=O)C(c3nc(Cl)nnc3Cl)C2)C1. The predicted octanol–water partition coefficient (Wildman–Crippen LogP) is 3.25. The van der Waals surface area contributed by atoms with Crippen LogP contribution in [0.1, 0.15) is 51.6 Å². The molecule has 7 nitrogen and oxygen atoms in total. The lowest BCUT2D eigenvalue weighted by molar-refractivity contribution is -0.128. The van der Waals surface area contributed by atoms with E-state index in [1.54, 1.807) is 4.90 Å². The highest BCUT2D eigenvalue weighted by molar-refractivity contribution is 6.31. The molecular formula is C16H20Cl2N4O3. The molecule has 1 aliphatic carbocycles. The van der Waals surface area contributed by atoms with Gasteiger partial charge in [-0.1, -0.05) is 11.6 Å². The number of ketones is 1. The van der Waals surface area contributed by atoms with Gasteiger partial charge in [-0.2, -0.15) is 0 Å². The summed E-state index contributed by atoms with van der Waals surface area (Å²) in [6, 6.07) is 0. The van der Waals surface area contributed by atoms with Gasteiger partial charge in [0.25, 0.3) is 0 Å².